The van der Waals surface area contributed by atoms with Gasteiger partial charge in [-0.3, -0.25) is 4.79 Å². The first-order valence-corrected chi connectivity index (χ1v) is 6.88. The Balaban J connectivity index is 1.99. The van der Waals surface area contributed by atoms with Crippen LogP contribution in [0.3, 0.4) is 0 Å². The lowest BCUT2D eigenvalue weighted by Gasteiger charge is -2.13. The van der Waals surface area contributed by atoms with E-state index in [-0.39, 0.29) is 12.5 Å². The number of hydrogen-bond donors (Lipinski definition) is 2. The van der Waals surface area contributed by atoms with Crippen LogP contribution in [-0.4, -0.2) is 12.5 Å². The van der Waals surface area contributed by atoms with Gasteiger partial charge in [0.05, 0.1) is 0 Å². The van der Waals surface area contributed by atoms with Crippen molar-refractivity contribution in [2.24, 2.45) is 5.73 Å². The predicted molar refractivity (Wildman–Crippen MR) is 84.4 cm³/mol. The largest absolute Gasteiger partial charge is 0.483 e. The van der Waals surface area contributed by atoms with Crippen LogP contribution in [0.4, 0.5) is 5.69 Å². The number of ether oxygens (including phenoxy) is 1. The van der Waals surface area contributed by atoms with E-state index in [0.717, 1.165) is 28.1 Å². The van der Waals surface area contributed by atoms with Crippen molar-refractivity contribution in [1.82, 2.24) is 0 Å². The summed E-state index contributed by atoms with van der Waals surface area (Å²) in [6.45, 7) is 4.28. The highest BCUT2D eigenvalue weighted by Crippen LogP contribution is 2.22. The standard InChI is InChI=1S/C17H20N2O2/c1-12-6-5-7-13(2)17(12)21-11-16(20)19-15-9-4-3-8-14(15)10-18/h3-9H,10-11,18H2,1-2H3,(H,19,20). The molecule has 0 saturated heterocycles. The number of nitrogens with two attached hydrogens (primary N) is 1. The van der Waals surface area contributed by atoms with Crippen molar-refractivity contribution in [3.8, 4) is 5.75 Å². The minimum absolute atomic E-state index is 0.0232. The van der Waals surface area contributed by atoms with E-state index in [9.17, 15) is 4.79 Å². The van der Waals surface area contributed by atoms with Crippen molar-refractivity contribution in [3.05, 3.63) is 59.2 Å². The summed E-state index contributed by atoms with van der Waals surface area (Å²) < 4.78 is 5.63. The number of para-hydroxylation sites is 2. The molecule has 0 heterocycles. The molecule has 0 atom stereocenters. The lowest BCUT2D eigenvalue weighted by atomic mass is 10.1. The molecule has 1 amide bonds. The van der Waals surface area contributed by atoms with Crippen LogP contribution in [0.1, 0.15) is 16.7 Å². The highest BCUT2D eigenvalue weighted by atomic mass is 16.5. The van der Waals surface area contributed by atoms with Crippen LogP contribution in [0.2, 0.25) is 0 Å². The summed E-state index contributed by atoms with van der Waals surface area (Å²) >= 11 is 0. The van der Waals surface area contributed by atoms with E-state index >= 15 is 0 Å². The van der Waals surface area contributed by atoms with Gasteiger partial charge in [0.15, 0.2) is 6.61 Å². The summed E-state index contributed by atoms with van der Waals surface area (Å²) in [5.74, 6) is 0.568. The van der Waals surface area contributed by atoms with Gasteiger partial charge in [0, 0.05) is 12.2 Å². The minimum Gasteiger partial charge on any atom is -0.483 e. The second-order valence-corrected chi connectivity index (χ2v) is 4.92. The van der Waals surface area contributed by atoms with Crippen LogP contribution in [0.5, 0.6) is 5.75 Å². The van der Waals surface area contributed by atoms with Gasteiger partial charge in [-0.05, 0) is 36.6 Å². The third kappa shape index (κ3) is 3.83. The zero-order valence-corrected chi connectivity index (χ0v) is 12.3. The molecular formula is C17H20N2O2. The number of rotatable bonds is 5. The SMILES string of the molecule is Cc1cccc(C)c1OCC(=O)Nc1ccccc1CN. The fourth-order valence-electron chi connectivity index (χ4n) is 2.17. The smallest absolute Gasteiger partial charge is 0.262 e. The van der Waals surface area contributed by atoms with E-state index in [2.05, 4.69) is 5.32 Å². The van der Waals surface area contributed by atoms with Gasteiger partial charge in [-0.15, -0.1) is 0 Å². The van der Waals surface area contributed by atoms with E-state index in [1.54, 1.807) is 0 Å². The molecule has 0 fully saturated rings. The molecule has 0 unspecified atom stereocenters. The summed E-state index contributed by atoms with van der Waals surface area (Å²) in [6.07, 6.45) is 0. The maximum Gasteiger partial charge on any atom is 0.262 e. The number of carbonyl (C=O) groups excluding carboxylic acids is 1. The fourth-order valence-corrected chi connectivity index (χ4v) is 2.17. The van der Waals surface area contributed by atoms with Gasteiger partial charge in [0.25, 0.3) is 5.91 Å². The molecule has 110 valence electrons. The van der Waals surface area contributed by atoms with Gasteiger partial charge >= 0.3 is 0 Å². The molecule has 2 rings (SSSR count). The van der Waals surface area contributed by atoms with Crippen LogP contribution in [0, 0.1) is 13.8 Å². The van der Waals surface area contributed by atoms with E-state index in [1.807, 2.05) is 56.3 Å². The van der Waals surface area contributed by atoms with E-state index in [1.165, 1.54) is 0 Å². The Morgan fingerprint density at radius 1 is 1.10 bits per heavy atom. The number of hydrogen-bond acceptors (Lipinski definition) is 3. The zero-order valence-electron chi connectivity index (χ0n) is 12.3. The second-order valence-electron chi connectivity index (χ2n) is 4.92. The molecule has 0 saturated carbocycles. The molecule has 4 nitrogen and oxygen atoms in total. The van der Waals surface area contributed by atoms with Crippen molar-refractivity contribution in [2.75, 3.05) is 11.9 Å². The third-order valence-corrected chi connectivity index (χ3v) is 3.27. The monoisotopic (exact) mass is 284 g/mol. The maximum absolute atomic E-state index is 12.0. The average Bonchev–Trinajstić information content (AvgIpc) is 2.47. The predicted octanol–water partition coefficient (Wildman–Crippen LogP) is 2.78. The molecule has 0 aliphatic rings. The van der Waals surface area contributed by atoms with Crippen LogP contribution < -0.4 is 15.8 Å². The maximum atomic E-state index is 12.0. The van der Waals surface area contributed by atoms with E-state index in [0.29, 0.717) is 6.54 Å². The molecule has 4 heteroatoms. The molecule has 0 aliphatic carbocycles. The second kappa shape index (κ2) is 6.90. The first-order valence-electron chi connectivity index (χ1n) is 6.88. The zero-order chi connectivity index (χ0) is 15.2. The number of carbonyl (C=O) groups is 1. The number of amides is 1. The average molecular weight is 284 g/mol. The number of anilines is 1. The first-order chi connectivity index (χ1) is 10.1. The molecular weight excluding hydrogens is 264 g/mol. The van der Waals surface area contributed by atoms with Gasteiger partial charge < -0.3 is 15.8 Å². The highest BCUT2D eigenvalue weighted by molar-refractivity contribution is 5.92. The molecule has 3 N–H and O–H groups in total. The molecule has 0 aliphatic heterocycles. The lowest BCUT2D eigenvalue weighted by Crippen LogP contribution is -2.21. The summed E-state index contributed by atoms with van der Waals surface area (Å²) in [5, 5.41) is 2.83. The third-order valence-electron chi connectivity index (χ3n) is 3.27. The Morgan fingerprint density at radius 2 is 1.76 bits per heavy atom. The topological polar surface area (TPSA) is 64.3 Å². The minimum atomic E-state index is -0.196. The molecule has 0 radical (unpaired) electrons. The van der Waals surface area contributed by atoms with Crippen molar-refractivity contribution in [1.29, 1.82) is 0 Å². The molecule has 0 bridgehead atoms. The van der Waals surface area contributed by atoms with Crippen LogP contribution in [0.25, 0.3) is 0 Å². The lowest BCUT2D eigenvalue weighted by molar-refractivity contribution is -0.118. The van der Waals surface area contributed by atoms with Crippen molar-refractivity contribution in [2.45, 2.75) is 20.4 Å². The first kappa shape index (κ1) is 15.1. The fraction of sp³-hybridized carbons (Fsp3) is 0.235. The van der Waals surface area contributed by atoms with Gasteiger partial charge in [0.1, 0.15) is 5.75 Å². The van der Waals surface area contributed by atoms with Crippen LogP contribution >= 0.6 is 0 Å². The van der Waals surface area contributed by atoms with Gasteiger partial charge in [-0.2, -0.15) is 0 Å². The Hall–Kier alpha value is -2.33. The van der Waals surface area contributed by atoms with Gasteiger partial charge in [-0.1, -0.05) is 36.4 Å². The molecule has 2 aromatic carbocycles. The highest BCUT2D eigenvalue weighted by Gasteiger charge is 2.09. The molecule has 0 spiro atoms. The number of nitrogens with one attached hydrogen (secondary N) is 1. The normalized spacial score (nSPS) is 10.2. The Morgan fingerprint density at radius 3 is 2.43 bits per heavy atom. The van der Waals surface area contributed by atoms with Crippen LogP contribution in [0.15, 0.2) is 42.5 Å². The molecule has 21 heavy (non-hydrogen) atoms. The van der Waals surface area contributed by atoms with Crippen molar-refractivity contribution >= 4 is 11.6 Å². The number of benzene rings is 2. The summed E-state index contributed by atoms with van der Waals surface area (Å²) in [4.78, 5) is 12.0. The Kier molecular flexibility index (Phi) is 4.95. The summed E-state index contributed by atoms with van der Waals surface area (Å²) in [6, 6.07) is 13.4. The van der Waals surface area contributed by atoms with Crippen LogP contribution in [-0.2, 0) is 11.3 Å². The van der Waals surface area contributed by atoms with E-state index in [4.69, 9.17) is 10.5 Å². The van der Waals surface area contributed by atoms with Crippen molar-refractivity contribution < 1.29 is 9.53 Å². The quantitative estimate of drug-likeness (QED) is 0.887. The summed E-state index contributed by atoms with van der Waals surface area (Å²) in [5.41, 5.74) is 9.32. The van der Waals surface area contributed by atoms with Crippen molar-refractivity contribution in [3.63, 3.8) is 0 Å². The van der Waals surface area contributed by atoms with Gasteiger partial charge in [0.2, 0.25) is 0 Å². The van der Waals surface area contributed by atoms with Gasteiger partial charge in [-0.25, -0.2) is 0 Å². The summed E-state index contributed by atoms with van der Waals surface area (Å²) in [7, 11) is 0. The Labute approximate surface area is 124 Å². The number of aryl methyl sites for hydroxylation is 2. The Bertz CT molecular complexity index is 618. The van der Waals surface area contributed by atoms with E-state index < -0.39 is 0 Å². The molecule has 2 aromatic rings. The molecule has 0 aromatic heterocycles.